The summed E-state index contributed by atoms with van der Waals surface area (Å²) in [6, 6.07) is 18.5. The van der Waals surface area contributed by atoms with Gasteiger partial charge in [-0.2, -0.15) is 0 Å². The zero-order valence-corrected chi connectivity index (χ0v) is 21.5. The molecule has 0 fully saturated rings. The molecular formula is C28H29N3O4S. The fraction of sp³-hybridized carbons (Fsp3) is 0.250. The van der Waals surface area contributed by atoms with E-state index in [1.807, 2.05) is 60.8 Å². The second-order valence-electron chi connectivity index (χ2n) is 9.34. The molecule has 0 bridgehead atoms. The average molecular weight is 504 g/mol. The van der Waals surface area contributed by atoms with Gasteiger partial charge in [-0.3, -0.25) is 9.78 Å². The van der Waals surface area contributed by atoms with Gasteiger partial charge in [0, 0.05) is 29.1 Å². The Morgan fingerprint density at radius 1 is 1.00 bits per heavy atom. The number of benzene rings is 2. The van der Waals surface area contributed by atoms with Gasteiger partial charge in [0.05, 0.1) is 12.1 Å². The SMILES string of the molecule is COc1ccc(C[C@H](NC(=O)OC(C)(C)C)C(=O)Nc2ccc(-c3ccc4cnccc4c3)s2)cc1. The minimum Gasteiger partial charge on any atom is -0.497 e. The number of ether oxygens (including phenoxy) is 2. The third-order valence-electron chi connectivity index (χ3n) is 5.38. The predicted molar refractivity (Wildman–Crippen MR) is 144 cm³/mol. The van der Waals surface area contributed by atoms with Gasteiger partial charge in [-0.15, -0.1) is 11.3 Å². The van der Waals surface area contributed by atoms with Crippen molar-refractivity contribution >= 4 is 39.1 Å². The Balaban J connectivity index is 1.50. The quantitative estimate of drug-likeness (QED) is 0.321. The van der Waals surface area contributed by atoms with E-state index in [-0.39, 0.29) is 5.91 Å². The first kappa shape index (κ1) is 25.2. The minimum absolute atomic E-state index is 0.298. The first-order valence-corrected chi connectivity index (χ1v) is 12.4. The van der Waals surface area contributed by atoms with Crippen LogP contribution in [0.5, 0.6) is 5.75 Å². The highest BCUT2D eigenvalue weighted by molar-refractivity contribution is 7.19. The van der Waals surface area contributed by atoms with E-state index in [0.717, 1.165) is 32.5 Å². The highest BCUT2D eigenvalue weighted by Crippen LogP contribution is 2.33. The van der Waals surface area contributed by atoms with E-state index >= 15 is 0 Å². The first-order chi connectivity index (χ1) is 17.2. The van der Waals surface area contributed by atoms with Crippen LogP contribution in [0.4, 0.5) is 9.80 Å². The Kier molecular flexibility index (Phi) is 7.55. The Morgan fingerprint density at radius 2 is 1.78 bits per heavy atom. The van der Waals surface area contributed by atoms with E-state index in [1.54, 1.807) is 34.1 Å². The van der Waals surface area contributed by atoms with Crippen LogP contribution in [0.1, 0.15) is 26.3 Å². The van der Waals surface area contributed by atoms with Crippen molar-refractivity contribution < 1.29 is 19.1 Å². The molecule has 186 valence electrons. The Morgan fingerprint density at radius 3 is 2.50 bits per heavy atom. The van der Waals surface area contributed by atoms with E-state index in [4.69, 9.17) is 9.47 Å². The molecule has 2 aromatic carbocycles. The van der Waals surface area contributed by atoms with E-state index < -0.39 is 17.7 Å². The number of rotatable bonds is 7. The average Bonchev–Trinajstić information content (AvgIpc) is 3.31. The molecule has 2 aromatic heterocycles. The number of nitrogens with one attached hydrogen (secondary N) is 2. The maximum atomic E-state index is 13.3. The fourth-order valence-corrected chi connectivity index (χ4v) is 4.57. The molecule has 0 radical (unpaired) electrons. The standard InChI is InChI=1S/C28H29N3O4S/c1-28(2,3)35-27(33)30-23(15-18-5-9-22(34-4)10-6-18)26(32)31-25-12-11-24(36-25)20-7-8-21-17-29-14-13-19(21)16-20/h5-14,16-17,23H,15H2,1-4H3,(H,30,33)(H,31,32)/t23-/m0/s1. The fourth-order valence-electron chi connectivity index (χ4n) is 3.66. The topological polar surface area (TPSA) is 89.5 Å². The van der Waals surface area contributed by atoms with Gasteiger partial charge in [0.2, 0.25) is 5.91 Å². The number of nitrogens with zero attached hydrogens (tertiary/aromatic N) is 1. The van der Waals surface area contributed by atoms with Crippen molar-refractivity contribution in [1.82, 2.24) is 10.3 Å². The van der Waals surface area contributed by atoms with Crippen LogP contribution in [0.25, 0.3) is 21.2 Å². The van der Waals surface area contributed by atoms with Crippen molar-refractivity contribution in [2.45, 2.75) is 38.8 Å². The monoisotopic (exact) mass is 503 g/mol. The molecule has 0 saturated heterocycles. The number of amides is 2. The lowest BCUT2D eigenvalue weighted by atomic mass is 10.1. The third kappa shape index (κ3) is 6.60. The van der Waals surface area contributed by atoms with E-state index in [2.05, 4.69) is 21.7 Å². The number of anilines is 1. The van der Waals surface area contributed by atoms with Crippen LogP contribution in [-0.4, -0.2) is 35.7 Å². The summed E-state index contributed by atoms with van der Waals surface area (Å²) in [7, 11) is 1.60. The Labute approximate surface area is 214 Å². The molecule has 2 N–H and O–H groups in total. The molecule has 8 heteroatoms. The molecular weight excluding hydrogens is 474 g/mol. The molecule has 2 amide bonds. The molecule has 0 saturated carbocycles. The molecule has 2 heterocycles. The Bertz CT molecular complexity index is 1360. The summed E-state index contributed by atoms with van der Waals surface area (Å²) in [5, 5.41) is 8.54. The van der Waals surface area contributed by atoms with Crippen molar-refractivity contribution in [1.29, 1.82) is 0 Å². The Hall–Kier alpha value is -3.91. The summed E-state index contributed by atoms with van der Waals surface area (Å²) in [6.07, 6.45) is 3.26. The lowest BCUT2D eigenvalue weighted by Crippen LogP contribution is -2.47. The highest BCUT2D eigenvalue weighted by Gasteiger charge is 2.25. The van der Waals surface area contributed by atoms with Gasteiger partial charge in [-0.1, -0.05) is 24.3 Å². The number of aromatic nitrogens is 1. The zero-order valence-electron chi connectivity index (χ0n) is 20.7. The maximum Gasteiger partial charge on any atom is 0.408 e. The molecule has 0 aliphatic carbocycles. The first-order valence-electron chi connectivity index (χ1n) is 11.6. The van der Waals surface area contributed by atoms with Crippen LogP contribution in [0.2, 0.25) is 0 Å². The van der Waals surface area contributed by atoms with Crippen molar-refractivity contribution in [2.24, 2.45) is 0 Å². The highest BCUT2D eigenvalue weighted by atomic mass is 32.1. The zero-order chi connectivity index (χ0) is 25.7. The summed E-state index contributed by atoms with van der Waals surface area (Å²) >= 11 is 1.47. The number of carbonyl (C=O) groups is 2. The van der Waals surface area contributed by atoms with Gasteiger partial charge in [-0.25, -0.2) is 4.79 Å². The maximum absolute atomic E-state index is 13.3. The number of carbonyl (C=O) groups excluding carboxylic acids is 2. The number of hydrogen-bond acceptors (Lipinski definition) is 6. The number of hydrogen-bond donors (Lipinski definition) is 2. The number of thiophene rings is 1. The van der Waals surface area contributed by atoms with Crippen LogP contribution in [0.15, 0.2) is 73.1 Å². The van der Waals surface area contributed by atoms with Crippen LogP contribution in [-0.2, 0) is 16.0 Å². The lowest BCUT2D eigenvalue weighted by Gasteiger charge is -2.23. The normalized spacial score (nSPS) is 12.1. The molecule has 1 atom stereocenters. The molecule has 4 aromatic rings. The van der Waals surface area contributed by atoms with Crippen LogP contribution in [0.3, 0.4) is 0 Å². The molecule has 7 nitrogen and oxygen atoms in total. The third-order valence-corrected chi connectivity index (χ3v) is 6.43. The summed E-state index contributed by atoms with van der Waals surface area (Å²) in [6.45, 7) is 5.34. The van der Waals surface area contributed by atoms with Crippen molar-refractivity contribution in [3.63, 3.8) is 0 Å². The van der Waals surface area contributed by atoms with E-state index in [9.17, 15) is 9.59 Å². The van der Waals surface area contributed by atoms with Gasteiger partial charge in [0.15, 0.2) is 0 Å². The number of pyridine rings is 1. The van der Waals surface area contributed by atoms with Crippen molar-refractivity contribution in [3.05, 3.63) is 78.6 Å². The summed E-state index contributed by atoms with van der Waals surface area (Å²) in [4.78, 5) is 30.9. The molecule has 4 rings (SSSR count). The summed E-state index contributed by atoms with van der Waals surface area (Å²) < 4.78 is 10.6. The van der Waals surface area contributed by atoms with Crippen LogP contribution < -0.4 is 15.4 Å². The largest absolute Gasteiger partial charge is 0.497 e. The molecule has 0 spiro atoms. The lowest BCUT2D eigenvalue weighted by molar-refractivity contribution is -0.118. The van der Waals surface area contributed by atoms with Gasteiger partial charge in [0.1, 0.15) is 17.4 Å². The van der Waals surface area contributed by atoms with Crippen molar-refractivity contribution in [2.75, 3.05) is 12.4 Å². The van der Waals surface area contributed by atoms with Gasteiger partial charge >= 0.3 is 6.09 Å². The smallest absolute Gasteiger partial charge is 0.408 e. The predicted octanol–water partition coefficient (Wildman–Crippen LogP) is 6.05. The van der Waals surface area contributed by atoms with E-state index in [0.29, 0.717) is 11.4 Å². The second-order valence-corrected chi connectivity index (χ2v) is 10.4. The minimum atomic E-state index is -0.827. The van der Waals surface area contributed by atoms with Gasteiger partial charge in [0.25, 0.3) is 0 Å². The molecule has 0 aliphatic rings. The number of fused-ring (bicyclic) bond motifs is 1. The molecule has 36 heavy (non-hydrogen) atoms. The van der Waals surface area contributed by atoms with E-state index in [1.165, 1.54) is 11.3 Å². The van der Waals surface area contributed by atoms with Crippen molar-refractivity contribution in [3.8, 4) is 16.2 Å². The molecule has 0 unspecified atom stereocenters. The van der Waals surface area contributed by atoms with Gasteiger partial charge < -0.3 is 20.1 Å². The second kappa shape index (κ2) is 10.8. The van der Waals surface area contributed by atoms with Crippen LogP contribution in [0, 0.1) is 0 Å². The van der Waals surface area contributed by atoms with Gasteiger partial charge in [-0.05, 0) is 73.7 Å². The summed E-state index contributed by atoms with van der Waals surface area (Å²) in [5.41, 5.74) is 1.26. The molecule has 0 aliphatic heterocycles. The number of alkyl carbamates (subject to hydrolysis) is 1. The van der Waals surface area contributed by atoms with Crippen LogP contribution >= 0.6 is 11.3 Å². The number of methoxy groups -OCH3 is 1. The summed E-state index contributed by atoms with van der Waals surface area (Å²) in [5.74, 6) is 0.394.